The van der Waals surface area contributed by atoms with Crippen molar-refractivity contribution in [3.63, 3.8) is 0 Å². The van der Waals surface area contributed by atoms with E-state index in [1.54, 1.807) is 6.26 Å². The average molecular weight is 305 g/mol. The van der Waals surface area contributed by atoms with Gasteiger partial charge in [-0.25, -0.2) is 0 Å². The number of carbonyl (C=O) groups is 1. The summed E-state index contributed by atoms with van der Waals surface area (Å²) in [5.74, 6) is 0.938. The van der Waals surface area contributed by atoms with E-state index in [9.17, 15) is 4.79 Å². The minimum atomic E-state index is -0.132. The van der Waals surface area contributed by atoms with Crippen LogP contribution in [-0.4, -0.2) is 5.91 Å². The molecule has 0 saturated heterocycles. The summed E-state index contributed by atoms with van der Waals surface area (Å²) in [7, 11) is 0. The number of halogens is 1. The molecule has 1 aromatic heterocycles. The van der Waals surface area contributed by atoms with Crippen LogP contribution in [-0.2, 0) is 11.2 Å². The van der Waals surface area contributed by atoms with Gasteiger partial charge in [-0.3, -0.25) is 4.79 Å². The molecule has 2 N–H and O–H groups in total. The summed E-state index contributed by atoms with van der Waals surface area (Å²) in [5.41, 5.74) is 2.79. The van der Waals surface area contributed by atoms with Crippen LogP contribution in [0.5, 0.6) is 0 Å². The van der Waals surface area contributed by atoms with Crippen molar-refractivity contribution in [3.05, 3.63) is 46.9 Å². The van der Waals surface area contributed by atoms with E-state index in [2.05, 4.69) is 10.6 Å². The molecule has 5 heteroatoms. The van der Waals surface area contributed by atoms with E-state index < -0.39 is 0 Å². The second kappa shape index (κ2) is 5.82. The van der Waals surface area contributed by atoms with E-state index >= 15 is 0 Å². The minimum absolute atomic E-state index is 0.132. The summed E-state index contributed by atoms with van der Waals surface area (Å²) >= 11 is 6.20. The second-order valence-corrected chi connectivity index (χ2v) is 5.67. The fourth-order valence-corrected chi connectivity index (χ4v) is 2.96. The summed E-state index contributed by atoms with van der Waals surface area (Å²) < 4.78 is 5.50. The molecule has 0 aliphatic heterocycles. The monoisotopic (exact) mass is 304 g/mol. The molecule has 0 spiro atoms. The predicted octanol–water partition coefficient (Wildman–Crippen LogP) is 4.38. The van der Waals surface area contributed by atoms with Crippen molar-refractivity contribution in [2.45, 2.75) is 32.2 Å². The number of carbonyl (C=O) groups excluding carboxylic acids is 1. The number of amides is 1. The Morgan fingerprint density at radius 3 is 3.00 bits per heavy atom. The number of anilines is 2. The van der Waals surface area contributed by atoms with Gasteiger partial charge in [0.2, 0.25) is 5.91 Å². The Hall–Kier alpha value is -1.94. The lowest BCUT2D eigenvalue weighted by Crippen LogP contribution is -2.16. The summed E-state index contributed by atoms with van der Waals surface area (Å²) in [6, 6.07) is 7.84. The zero-order valence-electron chi connectivity index (χ0n) is 11.8. The molecule has 1 unspecified atom stereocenters. The smallest absolute Gasteiger partial charge is 0.221 e. The van der Waals surface area contributed by atoms with Crippen molar-refractivity contribution < 1.29 is 9.21 Å². The Labute approximate surface area is 128 Å². The number of rotatable bonds is 3. The third-order valence-corrected chi connectivity index (χ3v) is 3.99. The van der Waals surface area contributed by atoms with Crippen LogP contribution in [0.3, 0.4) is 0 Å². The van der Waals surface area contributed by atoms with Gasteiger partial charge in [-0.2, -0.15) is 0 Å². The molecular formula is C16H17ClN2O2. The van der Waals surface area contributed by atoms with Crippen molar-refractivity contribution >= 4 is 28.9 Å². The van der Waals surface area contributed by atoms with Crippen LogP contribution in [0.25, 0.3) is 0 Å². The van der Waals surface area contributed by atoms with Gasteiger partial charge in [0, 0.05) is 24.6 Å². The van der Waals surface area contributed by atoms with Crippen molar-refractivity contribution in [2.24, 2.45) is 0 Å². The Morgan fingerprint density at radius 1 is 1.38 bits per heavy atom. The van der Waals surface area contributed by atoms with Crippen LogP contribution in [0.1, 0.15) is 37.1 Å². The lowest BCUT2D eigenvalue weighted by molar-refractivity contribution is -0.114. The Kier molecular flexibility index (Phi) is 3.88. The molecule has 2 aromatic rings. The Morgan fingerprint density at radius 2 is 2.24 bits per heavy atom. The first-order valence-corrected chi connectivity index (χ1v) is 7.41. The van der Waals surface area contributed by atoms with Crippen LogP contribution >= 0.6 is 11.6 Å². The summed E-state index contributed by atoms with van der Waals surface area (Å²) in [6.45, 7) is 1.46. The number of fused-ring (bicyclic) bond motifs is 1. The molecule has 4 nitrogen and oxygen atoms in total. The van der Waals surface area contributed by atoms with E-state index in [0.29, 0.717) is 10.7 Å². The summed E-state index contributed by atoms with van der Waals surface area (Å²) in [4.78, 5) is 11.1. The molecular weight excluding hydrogens is 288 g/mol. The molecule has 21 heavy (non-hydrogen) atoms. The lowest BCUT2D eigenvalue weighted by atomic mass is 9.93. The number of hydrogen-bond donors (Lipinski definition) is 2. The number of aryl methyl sites for hydroxylation is 1. The maximum absolute atomic E-state index is 11.1. The normalized spacial score (nSPS) is 17.1. The maximum atomic E-state index is 11.1. The first-order chi connectivity index (χ1) is 10.1. The molecule has 0 saturated carbocycles. The minimum Gasteiger partial charge on any atom is -0.469 e. The van der Waals surface area contributed by atoms with E-state index in [1.165, 1.54) is 12.5 Å². The summed E-state index contributed by atoms with van der Waals surface area (Å²) in [6.07, 6.45) is 4.92. The standard InChI is InChI=1S/C16H17ClN2O2/c1-10(20)18-15-6-5-11(9-13(15)17)19-14-3-2-4-16-12(14)7-8-21-16/h5-9,14,19H,2-4H2,1H3,(H,18,20). The molecule has 110 valence electrons. The van der Waals surface area contributed by atoms with Crippen LogP contribution in [0.15, 0.2) is 34.9 Å². The second-order valence-electron chi connectivity index (χ2n) is 5.26. The lowest BCUT2D eigenvalue weighted by Gasteiger charge is -2.24. The number of hydrogen-bond acceptors (Lipinski definition) is 3. The zero-order valence-corrected chi connectivity index (χ0v) is 12.5. The molecule has 3 rings (SSSR count). The van der Waals surface area contributed by atoms with Gasteiger partial charge in [-0.15, -0.1) is 0 Å². The molecule has 0 fully saturated rings. The van der Waals surface area contributed by atoms with Gasteiger partial charge in [0.1, 0.15) is 5.76 Å². The number of benzene rings is 1. The van der Waals surface area contributed by atoms with E-state index in [1.807, 2.05) is 24.3 Å². The van der Waals surface area contributed by atoms with E-state index in [4.69, 9.17) is 16.0 Å². The molecule has 1 heterocycles. The molecule has 0 radical (unpaired) electrons. The molecule has 1 atom stereocenters. The van der Waals surface area contributed by atoms with Gasteiger partial charge in [-0.05, 0) is 37.1 Å². The van der Waals surface area contributed by atoms with Crippen LogP contribution < -0.4 is 10.6 Å². The highest BCUT2D eigenvalue weighted by Gasteiger charge is 2.22. The highest BCUT2D eigenvalue weighted by Crippen LogP contribution is 2.34. The number of nitrogens with one attached hydrogen (secondary N) is 2. The largest absolute Gasteiger partial charge is 0.469 e. The number of furan rings is 1. The topological polar surface area (TPSA) is 54.3 Å². The Bertz CT molecular complexity index is 666. The fraction of sp³-hybridized carbons (Fsp3) is 0.312. The highest BCUT2D eigenvalue weighted by molar-refractivity contribution is 6.34. The molecule has 0 bridgehead atoms. The van der Waals surface area contributed by atoms with Crippen LogP contribution in [0, 0.1) is 0 Å². The third kappa shape index (κ3) is 3.05. The van der Waals surface area contributed by atoms with Crippen molar-refractivity contribution in [1.29, 1.82) is 0 Å². The van der Waals surface area contributed by atoms with Crippen molar-refractivity contribution in [3.8, 4) is 0 Å². The highest BCUT2D eigenvalue weighted by atomic mass is 35.5. The maximum Gasteiger partial charge on any atom is 0.221 e. The first-order valence-electron chi connectivity index (χ1n) is 7.03. The van der Waals surface area contributed by atoms with Crippen LogP contribution in [0.2, 0.25) is 5.02 Å². The quantitative estimate of drug-likeness (QED) is 0.884. The molecule has 1 aliphatic carbocycles. The summed E-state index contributed by atoms with van der Waals surface area (Å²) in [5, 5.41) is 6.72. The van der Waals surface area contributed by atoms with Gasteiger partial charge >= 0.3 is 0 Å². The van der Waals surface area contributed by atoms with E-state index in [-0.39, 0.29) is 11.9 Å². The van der Waals surface area contributed by atoms with Crippen molar-refractivity contribution in [2.75, 3.05) is 10.6 Å². The molecule has 1 aliphatic rings. The van der Waals surface area contributed by atoms with Gasteiger partial charge in [0.25, 0.3) is 0 Å². The van der Waals surface area contributed by atoms with Gasteiger partial charge in [0.15, 0.2) is 0 Å². The predicted molar refractivity (Wildman–Crippen MR) is 83.8 cm³/mol. The first kappa shape index (κ1) is 14.0. The van der Waals surface area contributed by atoms with E-state index in [0.717, 1.165) is 30.7 Å². The van der Waals surface area contributed by atoms with Crippen LogP contribution in [0.4, 0.5) is 11.4 Å². The van der Waals surface area contributed by atoms with Crippen molar-refractivity contribution in [1.82, 2.24) is 0 Å². The molecule has 1 aromatic carbocycles. The fourth-order valence-electron chi connectivity index (χ4n) is 2.73. The van der Waals surface area contributed by atoms with Gasteiger partial charge < -0.3 is 15.1 Å². The van der Waals surface area contributed by atoms with Gasteiger partial charge in [-0.1, -0.05) is 11.6 Å². The SMILES string of the molecule is CC(=O)Nc1ccc(NC2CCCc3occc32)cc1Cl. The van der Waals surface area contributed by atoms with Gasteiger partial charge in [0.05, 0.1) is 23.0 Å². The third-order valence-electron chi connectivity index (χ3n) is 3.67. The average Bonchev–Trinajstić information content (AvgIpc) is 2.91. The molecule has 1 amide bonds. The Balaban J connectivity index is 1.77. The zero-order chi connectivity index (χ0) is 14.8.